The fraction of sp³-hybridized carbons (Fsp3) is 0.500. The van der Waals surface area contributed by atoms with E-state index in [2.05, 4.69) is 5.32 Å². The first-order chi connectivity index (χ1) is 11.0. The summed E-state index contributed by atoms with van der Waals surface area (Å²) in [6, 6.07) is 5.12. The highest BCUT2D eigenvalue weighted by Crippen LogP contribution is 2.27. The Morgan fingerprint density at radius 2 is 2.22 bits per heavy atom. The van der Waals surface area contributed by atoms with Crippen molar-refractivity contribution in [3.05, 3.63) is 33.8 Å². The van der Waals surface area contributed by atoms with Gasteiger partial charge >= 0.3 is 0 Å². The lowest BCUT2D eigenvalue weighted by Crippen LogP contribution is -2.37. The Morgan fingerprint density at radius 3 is 2.91 bits per heavy atom. The molecule has 1 aliphatic heterocycles. The van der Waals surface area contributed by atoms with Crippen LogP contribution in [0.4, 0.5) is 0 Å². The summed E-state index contributed by atoms with van der Waals surface area (Å²) >= 11 is 12.1. The Balaban J connectivity index is 1.98. The standard InChI is InChI=1S/C16H20Cl2N2O3/c1-23-7-6-19-15(21)9-13-4-5-16(22)20(13)10-11-2-3-12(17)8-14(11)18/h2-3,8,13H,4-7,9-10H2,1H3,(H,19,21). The molecule has 7 heteroatoms. The monoisotopic (exact) mass is 358 g/mol. The van der Waals surface area contributed by atoms with Gasteiger partial charge in [0, 0.05) is 49.1 Å². The second-order valence-electron chi connectivity index (χ2n) is 5.50. The topological polar surface area (TPSA) is 58.6 Å². The molecule has 0 bridgehead atoms. The van der Waals surface area contributed by atoms with E-state index in [0.717, 1.165) is 5.56 Å². The largest absolute Gasteiger partial charge is 0.383 e. The van der Waals surface area contributed by atoms with Crippen molar-refractivity contribution in [2.45, 2.75) is 31.8 Å². The predicted octanol–water partition coefficient (Wildman–Crippen LogP) is 2.64. The second-order valence-corrected chi connectivity index (χ2v) is 6.34. The molecule has 1 aromatic carbocycles. The number of amides is 2. The van der Waals surface area contributed by atoms with Gasteiger partial charge in [0.1, 0.15) is 0 Å². The zero-order valence-electron chi connectivity index (χ0n) is 13.0. The summed E-state index contributed by atoms with van der Waals surface area (Å²) in [4.78, 5) is 25.8. The van der Waals surface area contributed by atoms with Gasteiger partial charge in [-0.2, -0.15) is 0 Å². The van der Waals surface area contributed by atoms with Crippen LogP contribution in [0.25, 0.3) is 0 Å². The summed E-state index contributed by atoms with van der Waals surface area (Å²) in [6.45, 7) is 1.34. The number of likely N-dealkylation sites (tertiary alicyclic amines) is 1. The third-order valence-electron chi connectivity index (χ3n) is 3.86. The van der Waals surface area contributed by atoms with E-state index >= 15 is 0 Å². The third-order valence-corrected chi connectivity index (χ3v) is 4.44. The number of rotatable bonds is 7. The average Bonchev–Trinajstić information content (AvgIpc) is 2.83. The molecule has 1 saturated heterocycles. The van der Waals surface area contributed by atoms with Crippen molar-refractivity contribution in [2.24, 2.45) is 0 Å². The van der Waals surface area contributed by atoms with Crippen LogP contribution in [0.2, 0.25) is 10.0 Å². The SMILES string of the molecule is COCCNC(=O)CC1CCC(=O)N1Cc1ccc(Cl)cc1Cl. The summed E-state index contributed by atoms with van der Waals surface area (Å²) < 4.78 is 4.90. The maximum atomic E-state index is 12.1. The van der Waals surface area contributed by atoms with E-state index in [1.54, 1.807) is 24.1 Å². The molecule has 0 aromatic heterocycles. The molecule has 1 fully saturated rings. The van der Waals surface area contributed by atoms with Gasteiger partial charge < -0.3 is 15.0 Å². The summed E-state index contributed by atoms with van der Waals surface area (Å²) in [6.07, 6.45) is 1.43. The molecule has 1 aromatic rings. The fourth-order valence-electron chi connectivity index (χ4n) is 2.63. The van der Waals surface area contributed by atoms with E-state index in [1.165, 1.54) is 0 Å². The van der Waals surface area contributed by atoms with Crippen LogP contribution >= 0.6 is 23.2 Å². The molecule has 5 nitrogen and oxygen atoms in total. The molecule has 1 heterocycles. The predicted molar refractivity (Wildman–Crippen MR) is 89.5 cm³/mol. The molecule has 1 N–H and O–H groups in total. The summed E-state index contributed by atoms with van der Waals surface area (Å²) in [5.74, 6) is -0.0281. The Bertz CT molecular complexity index is 580. The number of carbonyl (C=O) groups excluding carboxylic acids is 2. The zero-order valence-corrected chi connectivity index (χ0v) is 14.5. The molecular weight excluding hydrogens is 339 g/mol. The van der Waals surface area contributed by atoms with E-state index in [4.69, 9.17) is 27.9 Å². The molecule has 1 aliphatic rings. The zero-order chi connectivity index (χ0) is 16.8. The van der Waals surface area contributed by atoms with Gasteiger partial charge in [0.2, 0.25) is 11.8 Å². The lowest BCUT2D eigenvalue weighted by Gasteiger charge is -2.25. The molecule has 23 heavy (non-hydrogen) atoms. The molecule has 0 saturated carbocycles. The lowest BCUT2D eigenvalue weighted by atomic mass is 10.1. The molecule has 0 aliphatic carbocycles. The first kappa shape index (κ1) is 18.0. The summed E-state index contributed by atoms with van der Waals surface area (Å²) in [5.41, 5.74) is 0.830. The van der Waals surface area contributed by atoms with Crippen molar-refractivity contribution >= 4 is 35.0 Å². The lowest BCUT2D eigenvalue weighted by molar-refractivity contribution is -0.130. The van der Waals surface area contributed by atoms with Crippen LogP contribution in [-0.2, 0) is 20.9 Å². The van der Waals surface area contributed by atoms with Crippen LogP contribution in [0.1, 0.15) is 24.8 Å². The number of methoxy groups -OCH3 is 1. The molecule has 2 rings (SSSR count). The number of hydrogen-bond donors (Lipinski definition) is 1. The van der Waals surface area contributed by atoms with Crippen molar-refractivity contribution in [2.75, 3.05) is 20.3 Å². The second kappa shape index (κ2) is 8.52. The first-order valence-corrected chi connectivity index (χ1v) is 8.26. The highest BCUT2D eigenvalue weighted by molar-refractivity contribution is 6.35. The maximum Gasteiger partial charge on any atom is 0.223 e. The number of halogens is 2. The minimum atomic E-state index is -0.100. The molecule has 1 atom stereocenters. The highest BCUT2D eigenvalue weighted by atomic mass is 35.5. The average molecular weight is 359 g/mol. The quantitative estimate of drug-likeness (QED) is 0.762. The van der Waals surface area contributed by atoms with E-state index in [1.807, 2.05) is 6.07 Å². The summed E-state index contributed by atoms with van der Waals surface area (Å²) in [7, 11) is 1.58. The van der Waals surface area contributed by atoms with Crippen molar-refractivity contribution in [3.8, 4) is 0 Å². The smallest absolute Gasteiger partial charge is 0.223 e. The Hall–Kier alpha value is -1.30. The normalized spacial score (nSPS) is 17.6. The molecule has 0 spiro atoms. The van der Waals surface area contributed by atoms with Crippen LogP contribution in [-0.4, -0.2) is 43.0 Å². The van der Waals surface area contributed by atoms with E-state index in [9.17, 15) is 9.59 Å². The van der Waals surface area contributed by atoms with Crippen molar-refractivity contribution in [1.29, 1.82) is 0 Å². The van der Waals surface area contributed by atoms with Crippen LogP contribution in [0.5, 0.6) is 0 Å². The van der Waals surface area contributed by atoms with Gasteiger partial charge in [-0.1, -0.05) is 29.3 Å². The van der Waals surface area contributed by atoms with Gasteiger partial charge in [0.15, 0.2) is 0 Å². The molecule has 126 valence electrons. The van der Waals surface area contributed by atoms with Gasteiger partial charge in [0.05, 0.1) is 6.61 Å². The minimum absolute atomic E-state index is 0.0470. The number of nitrogens with zero attached hydrogens (tertiary/aromatic N) is 1. The van der Waals surface area contributed by atoms with Gasteiger partial charge in [0.25, 0.3) is 0 Å². The number of carbonyl (C=O) groups is 2. The van der Waals surface area contributed by atoms with Gasteiger partial charge in [-0.25, -0.2) is 0 Å². The van der Waals surface area contributed by atoms with E-state index < -0.39 is 0 Å². The van der Waals surface area contributed by atoms with E-state index in [0.29, 0.717) is 49.0 Å². The Kier molecular flexibility index (Phi) is 6.69. The molecular formula is C16H20Cl2N2O3. The molecule has 1 unspecified atom stereocenters. The van der Waals surface area contributed by atoms with Crippen molar-refractivity contribution in [1.82, 2.24) is 10.2 Å². The van der Waals surface area contributed by atoms with Crippen molar-refractivity contribution < 1.29 is 14.3 Å². The summed E-state index contributed by atoms with van der Waals surface area (Å²) in [5, 5.41) is 3.87. The van der Waals surface area contributed by atoms with Gasteiger partial charge in [-0.05, 0) is 24.1 Å². The minimum Gasteiger partial charge on any atom is -0.383 e. The first-order valence-electron chi connectivity index (χ1n) is 7.50. The van der Waals surface area contributed by atoms with Crippen LogP contribution in [0, 0.1) is 0 Å². The van der Waals surface area contributed by atoms with Crippen LogP contribution in [0.3, 0.4) is 0 Å². The number of hydrogen-bond acceptors (Lipinski definition) is 3. The van der Waals surface area contributed by atoms with Gasteiger partial charge in [-0.15, -0.1) is 0 Å². The third kappa shape index (κ3) is 5.09. The fourth-order valence-corrected chi connectivity index (χ4v) is 3.10. The number of ether oxygens (including phenoxy) is 1. The molecule has 2 amide bonds. The number of nitrogens with one attached hydrogen (secondary N) is 1. The van der Waals surface area contributed by atoms with E-state index in [-0.39, 0.29) is 17.9 Å². The highest BCUT2D eigenvalue weighted by Gasteiger charge is 2.32. The molecule has 0 radical (unpaired) electrons. The van der Waals surface area contributed by atoms with Crippen LogP contribution < -0.4 is 5.32 Å². The number of benzene rings is 1. The maximum absolute atomic E-state index is 12.1. The van der Waals surface area contributed by atoms with Gasteiger partial charge in [-0.3, -0.25) is 9.59 Å². The Labute approximate surface area is 145 Å². The van der Waals surface area contributed by atoms with Crippen molar-refractivity contribution in [3.63, 3.8) is 0 Å². The van der Waals surface area contributed by atoms with Crippen LogP contribution in [0.15, 0.2) is 18.2 Å². The Morgan fingerprint density at radius 1 is 1.43 bits per heavy atom.